The number of nitrogen functional groups attached to an aromatic ring is 1. The number of rotatable bonds is 1. The average molecular weight is 265 g/mol. The van der Waals surface area contributed by atoms with Gasteiger partial charge < -0.3 is 11.1 Å². The van der Waals surface area contributed by atoms with Crippen LogP contribution in [0.2, 0.25) is 0 Å². The van der Waals surface area contributed by atoms with Gasteiger partial charge in [-0.15, -0.1) is 0 Å². The van der Waals surface area contributed by atoms with Gasteiger partial charge in [0, 0.05) is 6.20 Å². The van der Waals surface area contributed by atoms with Crippen molar-refractivity contribution >= 4 is 23.5 Å². The summed E-state index contributed by atoms with van der Waals surface area (Å²) >= 11 is 0. The van der Waals surface area contributed by atoms with Crippen molar-refractivity contribution in [3.63, 3.8) is 0 Å². The second-order valence-corrected chi connectivity index (χ2v) is 4.66. The van der Waals surface area contributed by atoms with Gasteiger partial charge in [0.2, 0.25) is 0 Å². The topological polar surface area (TPSA) is 58.4 Å². The first kappa shape index (κ1) is 12.3. The molecule has 1 heterocycles. The molecule has 2 aromatic carbocycles. The SMILES string of the molecule is Nc1ccccc1NC(=O)N1C=Cc2ccccc2C1. The van der Waals surface area contributed by atoms with Crippen molar-refractivity contribution in [2.75, 3.05) is 11.1 Å². The van der Waals surface area contributed by atoms with Crippen LogP contribution in [0.25, 0.3) is 6.08 Å². The third-order valence-electron chi connectivity index (χ3n) is 3.29. The van der Waals surface area contributed by atoms with Crippen LogP contribution in [0.3, 0.4) is 0 Å². The highest BCUT2D eigenvalue weighted by molar-refractivity contribution is 5.93. The van der Waals surface area contributed by atoms with E-state index in [1.54, 1.807) is 23.2 Å². The number of amides is 2. The van der Waals surface area contributed by atoms with E-state index in [1.807, 2.05) is 42.5 Å². The molecule has 0 atom stereocenters. The molecule has 0 radical (unpaired) electrons. The summed E-state index contributed by atoms with van der Waals surface area (Å²) < 4.78 is 0. The number of anilines is 2. The first-order chi connectivity index (χ1) is 9.74. The number of benzene rings is 2. The van der Waals surface area contributed by atoms with Gasteiger partial charge in [-0.3, -0.25) is 4.90 Å². The molecule has 3 rings (SSSR count). The van der Waals surface area contributed by atoms with Gasteiger partial charge in [0.05, 0.1) is 17.9 Å². The first-order valence-corrected chi connectivity index (χ1v) is 6.42. The zero-order chi connectivity index (χ0) is 13.9. The molecule has 100 valence electrons. The van der Waals surface area contributed by atoms with Crippen LogP contribution in [-0.2, 0) is 6.54 Å². The number of urea groups is 1. The van der Waals surface area contributed by atoms with Crippen molar-refractivity contribution in [3.05, 3.63) is 65.9 Å². The zero-order valence-corrected chi connectivity index (χ0v) is 10.9. The average Bonchev–Trinajstić information content (AvgIpc) is 2.49. The standard InChI is InChI=1S/C16H15N3O/c17-14-7-3-4-8-15(14)18-16(20)19-10-9-12-5-1-2-6-13(12)11-19/h1-10H,11,17H2,(H,18,20). The summed E-state index contributed by atoms with van der Waals surface area (Å²) in [5.41, 5.74) is 9.29. The Balaban J connectivity index is 1.76. The van der Waals surface area contributed by atoms with Crippen LogP contribution in [0.1, 0.15) is 11.1 Å². The summed E-state index contributed by atoms with van der Waals surface area (Å²) in [7, 11) is 0. The predicted octanol–water partition coefficient (Wildman–Crippen LogP) is 3.29. The number of nitrogens with one attached hydrogen (secondary N) is 1. The summed E-state index contributed by atoms with van der Waals surface area (Å²) in [6.45, 7) is 0.561. The lowest BCUT2D eigenvalue weighted by molar-refractivity contribution is 0.227. The van der Waals surface area contributed by atoms with E-state index in [0.717, 1.165) is 11.1 Å². The smallest absolute Gasteiger partial charge is 0.326 e. The maximum atomic E-state index is 12.2. The van der Waals surface area contributed by atoms with E-state index in [2.05, 4.69) is 5.32 Å². The molecule has 2 amide bonds. The summed E-state index contributed by atoms with van der Waals surface area (Å²) in [4.78, 5) is 13.9. The summed E-state index contributed by atoms with van der Waals surface area (Å²) in [6, 6.07) is 15.1. The molecule has 20 heavy (non-hydrogen) atoms. The number of nitrogens with zero attached hydrogens (tertiary/aromatic N) is 1. The van der Waals surface area contributed by atoms with E-state index >= 15 is 0 Å². The van der Waals surface area contributed by atoms with Crippen LogP contribution in [0.5, 0.6) is 0 Å². The monoisotopic (exact) mass is 265 g/mol. The molecule has 0 aliphatic carbocycles. The number of hydrogen-bond donors (Lipinski definition) is 2. The van der Waals surface area contributed by atoms with Gasteiger partial charge in [-0.05, 0) is 29.3 Å². The second kappa shape index (κ2) is 5.09. The van der Waals surface area contributed by atoms with E-state index in [4.69, 9.17) is 5.73 Å². The van der Waals surface area contributed by atoms with Crippen LogP contribution in [-0.4, -0.2) is 10.9 Å². The van der Waals surface area contributed by atoms with E-state index < -0.39 is 0 Å². The number of fused-ring (bicyclic) bond motifs is 1. The third-order valence-corrected chi connectivity index (χ3v) is 3.29. The Kier molecular flexibility index (Phi) is 3.13. The Morgan fingerprint density at radius 3 is 2.70 bits per heavy atom. The lowest BCUT2D eigenvalue weighted by Crippen LogP contribution is -2.31. The lowest BCUT2D eigenvalue weighted by atomic mass is 10.0. The van der Waals surface area contributed by atoms with Crippen molar-refractivity contribution in [2.24, 2.45) is 0 Å². The van der Waals surface area contributed by atoms with Gasteiger partial charge in [-0.2, -0.15) is 0 Å². The Bertz CT molecular complexity index is 679. The van der Waals surface area contributed by atoms with Crippen LogP contribution >= 0.6 is 0 Å². The molecule has 4 nitrogen and oxygen atoms in total. The summed E-state index contributed by atoms with van der Waals surface area (Å²) in [6.07, 6.45) is 3.73. The lowest BCUT2D eigenvalue weighted by Gasteiger charge is -2.24. The van der Waals surface area contributed by atoms with Crippen LogP contribution in [0.15, 0.2) is 54.7 Å². The Morgan fingerprint density at radius 2 is 1.85 bits per heavy atom. The van der Waals surface area contributed by atoms with Gasteiger partial charge in [0.25, 0.3) is 0 Å². The molecule has 0 spiro atoms. The maximum absolute atomic E-state index is 12.2. The number of para-hydroxylation sites is 2. The van der Waals surface area contributed by atoms with Crippen molar-refractivity contribution in [1.29, 1.82) is 0 Å². The minimum atomic E-state index is -0.186. The maximum Gasteiger partial charge on any atom is 0.326 e. The Morgan fingerprint density at radius 1 is 1.10 bits per heavy atom. The van der Waals surface area contributed by atoms with E-state index in [9.17, 15) is 4.79 Å². The van der Waals surface area contributed by atoms with Crippen molar-refractivity contribution in [2.45, 2.75) is 6.54 Å². The zero-order valence-electron chi connectivity index (χ0n) is 10.9. The highest BCUT2D eigenvalue weighted by atomic mass is 16.2. The summed E-state index contributed by atoms with van der Waals surface area (Å²) in [5, 5.41) is 2.82. The van der Waals surface area contributed by atoms with Gasteiger partial charge in [0.1, 0.15) is 0 Å². The molecule has 2 aromatic rings. The normalized spacial score (nSPS) is 12.9. The van der Waals surface area contributed by atoms with Gasteiger partial charge in [-0.1, -0.05) is 36.4 Å². The number of carbonyl (C=O) groups excluding carboxylic acids is 1. The molecular weight excluding hydrogens is 250 g/mol. The highest BCUT2D eigenvalue weighted by Crippen LogP contribution is 2.21. The second-order valence-electron chi connectivity index (χ2n) is 4.66. The highest BCUT2D eigenvalue weighted by Gasteiger charge is 2.16. The fraction of sp³-hybridized carbons (Fsp3) is 0.0625. The fourth-order valence-electron chi connectivity index (χ4n) is 2.18. The van der Waals surface area contributed by atoms with Crippen LogP contribution < -0.4 is 11.1 Å². The quantitative estimate of drug-likeness (QED) is 0.777. The van der Waals surface area contributed by atoms with Gasteiger partial charge >= 0.3 is 6.03 Å². The first-order valence-electron chi connectivity index (χ1n) is 6.42. The van der Waals surface area contributed by atoms with E-state index in [0.29, 0.717) is 17.9 Å². The fourth-order valence-corrected chi connectivity index (χ4v) is 2.18. The Hall–Kier alpha value is -2.75. The van der Waals surface area contributed by atoms with E-state index in [-0.39, 0.29) is 6.03 Å². The number of nitrogens with two attached hydrogens (primary N) is 1. The number of carbonyl (C=O) groups is 1. The molecule has 0 aromatic heterocycles. The van der Waals surface area contributed by atoms with Gasteiger partial charge in [-0.25, -0.2) is 4.79 Å². The largest absolute Gasteiger partial charge is 0.397 e. The minimum absolute atomic E-state index is 0.186. The molecule has 1 aliphatic rings. The van der Waals surface area contributed by atoms with Gasteiger partial charge in [0.15, 0.2) is 0 Å². The van der Waals surface area contributed by atoms with E-state index in [1.165, 1.54) is 0 Å². The molecule has 4 heteroatoms. The van der Waals surface area contributed by atoms with Crippen molar-refractivity contribution < 1.29 is 4.79 Å². The molecule has 3 N–H and O–H groups in total. The molecule has 0 bridgehead atoms. The van der Waals surface area contributed by atoms with Crippen LogP contribution in [0, 0.1) is 0 Å². The Labute approximate surface area is 117 Å². The number of hydrogen-bond acceptors (Lipinski definition) is 2. The molecule has 0 unspecified atom stereocenters. The molecule has 0 fully saturated rings. The minimum Gasteiger partial charge on any atom is -0.397 e. The van der Waals surface area contributed by atoms with Crippen LogP contribution in [0.4, 0.5) is 16.2 Å². The van der Waals surface area contributed by atoms with Crippen molar-refractivity contribution in [1.82, 2.24) is 4.90 Å². The third kappa shape index (κ3) is 2.36. The molecule has 0 saturated carbocycles. The molecular formula is C16H15N3O. The summed E-state index contributed by atoms with van der Waals surface area (Å²) in [5.74, 6) is 0. The predicted molar refractivity (Wildman–Crippen MR) is 80.9 cm³/mol. The molecule has 0 saturated heterocycles. The van der Waals surface area contributed by atoms with Crippen molar-refractivity contribution in [3.8, 4) is 0 Å². The molecule has 1 aliphatic heterocycles.